The Kier molecular flexibility index (Phi) is 2.21. The Bertz CT molecular complexity index is 241. The second kappa shape index (κ2) is 3.14. The number of hydrogen-bond donors (Lipinski definition) is 0. The molecular weight excluding hydrogens is 148 g/mol. The Morgan fingerprint density at radius 1 is 1.18 bits per heavy atom. The van der Waals surface area contributed by atoms with Crippen LogP contribution in [-0.2, 0) is 0 Å². The summed E-state index contributed by atoms with van der Waals surface area (Å²) in [5.74, 6) is 0. The predicted octanol–water partition coefficient (Wildman–Crippen LogP) is 2.91. The van der Waals surface area contributed by atoms with Crippen molar-refractivity contribution in [2.45, 2.75) is 0 Å². The van der Waals surface area contributed by atoms with Crippen LogP contribution in [0.1, 0.15) is 5.56 Å². The maximum atomic E-state index is 11.8. The first-order chi connectivity index (χ1) is 5.24. The molecule has 0 aliphatic heterocycles. The van der Waals surface area contributed by atoms with E-state index >= 15 is 0 Å². The van der Waals surface area contributed by atoms with Crippen LogP contribution in [-0.4, -0.2) is 0 Å². The van der Waals surface area contributed by atoms with Gasteiger partial charge in [-0.05, 0) is 23.0 Å². The fraction of sp³-hybridized carbons (Fsp3) is 0. The van der Waals surface area contributed by atoms with E-state index in [-0.39, 0.29) is 5.69 Å². The Labute approximate surface area is 63.4 Å². The number of rotatable bonds is 2. The highest BCUT2D eigenvalue weighted by molar-refractivity contribution is 5.52. The smallest absolute Gasteiger partial charge is 0.0985 e. The largest absolute Gasteiger partial charge is 0.105 e. The number of nitrogens with zero attached hydrogens (tertiary/aromatic N) is 1. The molecule has 0 aliphatic carbocycles. The summed E-state index contributed by atoms with van der Waals surface area (Å²) in [5.41, 5.74) is 0.714. The van der Waals surface area contributed by atoms with Gasteiger partial charge in [-0.3, -0.25) is 0 Å². The third-order valence-corrected chi connectivity index (χ3v) is 1.32. The van der Waals surface area contributed by atoms with E-state index in [2.05, 4.69) is 6.58 Å². The third-order valence-electron chi connectivity index (χ3n) is 1.32. The van der Waals surface area contributed by atoms with Crippen LogP contribution in [0.2, 0.25) is 0 Å². The Hall–Kier alpha value is -1.38. The first-order valence-electron chi connectivity index (χ1n) is 3.08. The van der Waals surface area contributed by atoms with E-state index < -0.39 is 5.34 Å². The highest BCUT2D eigenvalue weighted by Crippen LogP contribution is 2.15. The molecule has 0 bridgehead atoms. The van der Waals surface area contributed by atoms with Crippen LogP contribution >= 0.6 is 0 Å². The maximum absolute atomic E-state index is 11.8. The molecule has 0 aromatic heterocycles. The molecule has 58 valence electrons. The lowest BCUT2D eigenvalue weighted by molar-refractivity contribution is 0.235. The van der Waals surface area contributed by atoms with Gasteiger partial charge in [-0.2, -0.15) is 0 Å². The molecule has 1 rings (SSSR count). The van der Waals surface area contributed by atoms with Crippen LogP contribution in [0.4, 0.5) is 14.6 Å². The van der Waals surface area contributed by atoms with Crippen LogP contribution in [0.15, 0.2) is 30.8 Å². The van der Waals surface area contributed by atoms with Crippen LogP contribution in [0, 0.1) is 0 Å². The average molecular weight is 155 g/mol. The maximum Gasteiger partial charge on any atom is 0.105 e. The molecule has 0 N–H and O–H groups in total. The van der Waals surface area contributed by atoms with E-state index in [9.17, 15) is 8.96 Å². The molecule has 0 radical (unpaired) electrons. The summed E-state index contributed by atoms with van der Waals surface area (Å²) in [6.07, 6.45) is 1.60. The minimum Gasteiger partial charge on any atom is -0.0985 e. The molecule has 0 unspecified atom stereocenters. The van der Waals surface area contributed by atoms with Crippen molar-refractivity contribution in [2.24, 2.45) is 0 Å². The lowest BCUT2D eigenvalue weighted by Crippen LogP contribution is -1.94. The highest BCUT2D eigenvalue weighted by Gasteiger charge is 1.99. The van der Waals surface area contributed by atoms with E-state index in [1.54, 1.807) is 18.2 Å². The van der Waals surface area contributed by atoms with Gasteiger partial charge in [0.2, 0.25) is 0 Å². The zero-order valence-corrected chi connectivity index (χ0v) is 5.80. The average Bonchev–Trinajstić information content (AvgIpc) is 2.05. The van der Waals surface area contributed by atoms with E-state index in [1.165, 1.54) is 12.1 Å². The van der Waals surface area contributed by atoms with E-state index in [4.69, 9.17) is 0 Å². The molecule has 1 aromatic rings. The summed E-state index contributed by atoms with van der Waals surface area (Å²) in [4.78, 5) is 0. The van der Waals surface area contributed by atoms with Crippen molar-refractivity contribution < 1.29 is 8.96 Å². The molecule has 11 heavy (non-hydrogen) atoms. The minimum atomic E-state index is -0.924. The zero-order chi connectivity index (χ0) is 8.27. The fourth-order valence-electron chi connectivity index (χ4n) is 0.723. The molecule has 1 nitrogen and oxygen atoms in total. The normalized spacial score (nSPS) is 9.27. The van der Waals surface area contributed by atoms with Gasteiger partial charge in [0.1, 0.15) is 5.69 Å². The van der Waals surface area contributed by atoms with Gasteiger partial charge in [0.15, 0.2) is 0 Å². The van der Waals surface area contributed by atoms with Gasteiger partial charge in [0.25, 0.3) is 0 Å². The lowest BCUT2D eigenvalue weighted by atomic mass is 10.2. The summed E-state index contributed by atoms with van der Waals surface area (Å²) in [7, 11) is 0. The monoisotopic (exact) mass is 155 g/mol. The molecule has 1 aromatic carbocycles. The minimum absolute atomic E-state index is 0.115. The second-order valence-electron chi connectivity index (χ2n) is 2.03. The Morgan fingerprint density at radius 3 is 2.09 bits per heavy atom. The number of benzene rings is 1. The summed E-state index contributed by atoms with van der Waals surface area (Å²) in [6, 6.07) is 5.82. The van der Waals surface area contributed by atoms with E-state index in [1.807, 2.05) is 0 Å². The van der Waals surface area contributed by atoms with E-state index in [0.29, 0.717) is 0 Å². The van der Waals surface area contributed by atoms with Gasteiger partial charge in [0, 0.05) is 0 Å². The van der Waals surface area contributed by atoms with Crippen molar-refractivity contribution >= 4 is 11.8 Å². The fourth-order valence-corrected chi connectivity index (χ4v) is 0.723. The molecule has 0 amide bonds. The van der Waals surface area contributed by atoms with Gasteiger partial charge in [-0.15, -0.1) is 0 Å². The van der Waals surface area contributed by atoms with Crippen molar-refractivity contribution in [1.82, 2.24) is 0 Å². The topological polar surface area (TPSA) is 3.24 Å². The molecule has 0 spiro atoms. The summed E-state index contributed by atoms with van der Waals surface area (Å²) in [5, 5.41) is -0.924. The summed E-state index contributed by atoms with van der Waals surface area (Å²) < 4.78 is 23.6. The first-order valence-corrected chi connectivity index (χ1v) is 3.08. The number of hydrogen-bond acceptors (Lipinski definition) is 1. The number of anilines is 1. The van der Waals surface area contributed by atoms with Gasteiger partial charge in [-0.25, -0.2) is 0 Å². The Morgan fingerprint density at radius 2 is 1.73 bits per heavy atom. The van der Waals surface area contributed by atoms with Crippen LogP contribution in [0.5, 0.6) is 0 Å². The molecule has 3 heteroatoms. The molecule has 0 heterocycles. The van der Waals surface area contributed by atoms with Crippen molar-refractivity contribution in [3.05, 3.63) is 36.4 Å². The molecule has 0 saturated carbocycles. The van der Waals surface area contributed by atoms with Crippen molar-refractivity contribution in [1.29, 1.82) is 0 Å². The lowest BCUT2D eigenvalue weighted by Gasteiger charge is -2.00. The Balaban J connectivity index is 2.91. The van der Waals surface area contributed by atoms with Crippen molar-refractivity contribution in [2.75, 3.05) is 5.34 Å². The highest BCUT2D eigenvalue weighted by atomic mass is 19.4. The zero-order valence-electron chi connectivity index (χ0n) is 5.80. The van der Waals surface area contributed by atoms with Crippen LogP contribution in [0.3, 0.4) is 0 Å². The van der Waals surface area contributed by atoms with Crippen molar-refractivity contribution in [3.63, 3.8) is 0 Å². The molecule has 0 fully saturated rings. The van der Waals surface area contributed by atoms with Gasteiger partial charge < -0.3 is 0 Å². The van der Waals surface area contributed by atoms with Gasteiger partial charge in [-0.1, -0.05) is 33.8 Å². The predicted molar refractivity (Wildman–Crippen MR) is 41.2 cm³/mol. The number of halogens is 2. The second-order valence-corrected chi connectivity index (χ2v) is 2.03. The first kappa shape index (κ1) is 7.72. The standard InChI is InChI=1S/C8H7F2N/c1-2-7-3-5-8(6-4-7)11(9)10/h2-6H,1H2. The SMILES string of the molecule is C=Cc1ccc(N(F)F)cc1. The summed E-state index contributed by atoms with van der Waals surface area (Å²) >= 11 is 0. The quantitative estimate of drug-likeness (QED) is 0.593. The molecule has 0 atom stereocenters. The van der Waals surface area contributed by atoms with E-state index in [0.717, 1.165) is 5.56 Å². The molecular formula is C8H7F2N. The molecule has 0 saturated heterocycles. The van der Waals surface area contributed by atoms with Crippen LogP contribution in [0.25, 0.3) is 6.08 Å². The third kappa shape index (κ3) is 1.77. The summed E-state index contributed by atoms with van der Waals surface area (Å²) in [6.45, 7) is 3.50. The van der Waals surface area contributed by atoms with Gasteiger partial charge >= 0.3 is 0 Å². The van der Waals surface area contributed by atoms with Gasteiger partial charge in [0.05, 0.1) is 0 Å². The van der Waals surface area contributed by atoms with Crippen molar-refractivity contribution in [3.8, 4) is 0 Å². The van der Waals surface area contributed by atoms with Crippen LogP contribution < -0.4 is 5.34 Å². The molecule has 0 aliphatic rings.